The van der Waals surface area contributed by atoms with Gasteiger partial charge in [-0.3, -0.25) is 0 Å². The van der Waals surface area contributed by atoms with Crippen LogP contribution in [-0.2, 0) is 15.9 Å². The van der Waals surface area contributed by atoms with Crippen LogP contribution in [0.2, 0.25) is 0 Å². The third-order valence-corrected chi connectivity index (χ3v) is 6.50. The van der Waals surface area contributed by atoms with Gasteiger partial charge in [0.15, 0.2) is 0 Å². The van der Waals surface area contributed by atoms with Gasteiger partial charge in [-0.2, -0.15) is 0 Å². The predicted molar refractivity (Wildman–Crippen MR) is 109 cm³/mol. The molecule has 3 unspecified atom stereocenters. The lowest BCUT2D eigenvalue weighted by molar-refractivity contribution is 0.168. The van der Waals surface area contributed by atoms with Crippen LogP contribution >= 0.6 is 0 Å². The summed E-state index contributed by atoms with van der Waals surface area (Å²) in [7, 11) is 4.37. The molecule has 2 aliphatic carbocycles. The lowest BCUT2D eigenvalue weighted by Gasteiger charge is -2.24. The van der Waals surface area contributed by atoms with Crippen LogP contribution in [0.1, 0.15) is 42.7 Å². The highest BCUT2D eigenvalue weighted by Crippen LogP contribution is 2.50. The van der Waals surface area contributed by atoms with Crippen LogP contribution < -0.4 is 15.4 Å². The minimum Gasteiger partial charge on any atom is -0.496 e. The van der Waals surface area contributed by atoms with E-state index in [1.807, 2.05) is 12.1 Å². The van der Waals surface area contributed by atoms with Crippen molar-refractivity contribution in [2.45, 2.75) is 38.0 Å². The number of nitrogens with one attached hydrogen (secondary N) is 2. The SMILES string of the molecule is COC(=O)NCC(CNC(=O)OC)c1ccc(OC)c(CC2CC3CCC2C3)c1. The van der Waals surface area contributed by atoms with Gasteiger partial charge in [-0.15, -0.1) is 0 Å². The molecule has 2 saturated carbocycles. The first-order valence-corrected chi connectivity index (χ1v) is 10.3. The van der Waals surface area contributed by atoms with Crippen molar-refractivity contribution < 1.29 is 23.8 Å². The molecule has 1 aromatic rings. The Labute approximate surface area is 172 Å². The average molecular weight is 405 g/mol. The summed E-state index contributed by atoms with van der Waals surface area (Å²) in [5.41, 5.74) is 2.24. The summed E-state index contributed by atoms with van der Waals surface area (Å²) >= 11 is 0. The van der Waals surface area contributed by atoms with Gasteiger partial charge in [0.2, 0.25) is 0 Å². The van der Waals surface area contributed by atoms with Gasteiger partial charge in [-0.25, -0.2) is 9.59 Å². The number of ether oxygens (including phenoxy) is 3. The summed E-state index contributed by atoms with van der Waals surface area (Å²) in [6.45, 7) is 0.688. The molecule has 2 N–H and O–H groups in total. The molecule has 0 spiro atoms. The van der Waals surface area contributed by atoms with E-state index in [-0.39, 0.29) is 5.92 Å². The molecule has 2 aliphatic rings. The monoisotopic (exact) mass is 404 g/mol. The van der Waals surface area contributed by atoms with Crippen LogP contribution in [0.4, 0.5) is 9.59 Å². The van der Waals surface area contributed by atoms with E-state index in [0.717, 1.165) is 35.5 Å². The maximum Gasteiger partial charge on any atom is 0.406 e. The van der Waals surface area contributed by atoms with E-state index in [1.165, 1.54) is 45.5 Å². The molecule has 2 fully saturated rings. The molecule has 2 bridgehead atoms. The summed E-state index contributed by atoms with van der Waals surface area (Å²) in [6.07, 6.45) is 5.45. The molecule has 0 aliphatic heterocycles. The fourth-order valence-electron chi connectivity index (χ4n) is 4.99. The first-order valence-electron chi connectivity index (χ1n) is 10.3. The number of hydrogen-bond acceptors (Lipinski definition) is 5. The van der Waals surface area contributed by atoms with Gasteiger partial charge in [0.25, 0.3) is 0 Å². The molecule has 0 saturated heterocycles. The Morgan fingerprint density at radius 3 is 2.24 bits per heavy atom. The first kappa shape index (κ1) is 21.3. The molecule has 0 heterocycles. The van der Waals surface area contributed by atoms with Crippen LogP contribution in [-0.4, -0.2) is 46.6 Å². The molecule has 2 amide bonds. The lowest BCUT2D eigenvalue weighted by Crippen LogP contribution is -2.35. The van der Waals surface area contributed by atoms with Gasteiger partial charge in [-0.1, -0.05) is 18.6 Å². The minimum atomic E-state index is -0.496. The van der Waals surface area contributed by atoms with Crippen molar-refractivity contribution in [2.75, 3.05) is 34.4 Å². The normalized spacial score (nSPS) is 22.4. The highest BCUT2D eigenvalue weighted by atomic mass is 16.5. The van der Waals surface area contributed by atoms with Gasteiger partial charge < -0.3 is 24.8 Å². The van der Waals surface area contributed by atoms with Gasteiger partial charge in [0.1, 0.15) is 5.75 Å². The smallest absolute Gasteiger partial charge is 0.406 e. The Morgan fingerprint density at radius 2 is 1.72 bits per heavy atom. The molecule has 3 atom stereocenters. The fraction of sp³-hybridized carbons (Fsp3) is 0.636. The fourth-order valence-corrected chi connectivity index (χ4v) is 4.99. The van der Waals surface area contributed by atoms with Crippen LogP contribution in [0, 0.1) is 17.8 Å². The number of benzene rings is 1. The zero-order valence-corrected chi connectivity index (χ0v) is 17.5. The number of hydrogen-bond donors (Lipinski definition) is 2. The topological polar surface area (TPSA) is 85.9 Å². The van der Waals surface area contributed by atoms with Gasteiger partial charge in [0, 0.05) is 19.0 Å². The lowest BCUT2D eigenvalue weighted by atomic mass is 9.83. The second-order valence-electron chi connectivity index (χ2n) is 8.15. The number of methoxy groups -OCH3 is 3. The average Bonchev–Trinajstić information content (AvgIpc) is 3.36. The highest BCUT2D eigenvalue weighted by molar-refractivity contribution is 5.67. The summed E-state index contributed by atoms with van der Waals surface area (Å²) in [5.74, 6) is 3.25. The maximum atomic E-state index is 11.5. The molecular weight excluding hydrogens is 372 g/mol. The molecule has 0 radical (unpaired) electrons. The van der Waals surface area contributed by atoms with E-state index in [1.54, 1.807) is 7.11 Å². The quantitative estimate of drug-likeness (QED) is 0.693. The summed E-state index contributed by atoms with van der Waals surface area (Å²) in [5, 5.41) is 5.46. The van der Waals surface area contributed by atoms with Crippen molar-refractivity contribution in [3.8, 4) is 5.75 Å². The molecule has 160 valence electrons. The Balaban J connectivity index is 1.76. The van der Waals surface area contributed by atoms with Crippen molar-refractivity contribution in [3.63, 3.8) is 0 Å². The van der Waals surface area contributed by atoms with Gasteiger partial charge in [0.05, 0.1) is 21.3 Å². The standard InChI is InChI=1S/C22H32N2O5/c1-27-20-7-6-16(10-18(20)11-17-9-14-4-5-15(17)8-14)19(12-23-21(25)28-2)13-24-22(26)29-3/h6-7,10,14-15,17,19H,4-5,8-9,11-13H2,1-3H3,(H,23,25)(H,24,26). The van der Waals surface area contributed by atoms with Crippen molar-refractivity contribution in [1.82, 2.24) is 10.6 Å². The number of carbonyl (C=O) groups excluding carboxylic acids is 2. The molecule has 7 nitrogen and oxygen atoms in total. The van der Waals surface area contributed by atoms with Crippen LogP contribution in [0.5, 0.6) is 5.75 Å². The highest BCUT2D eigenvalue weighted by Gasteiger charge is 2.39. The second-order valence-corrected chi connectivity index (χ2v) is 8.15. The summed E-state index contributed by atoms with van der Waals surface area (Å²) < 4.78 is 15.0. The van der Waals surface area contributed by atoms with E-state index in [2.05, 4.69) is 26.2 Å². The van der Waals surface area contributed by atoms with E-state index in [9.17, 15) is 9.59 Å². The van der Waals surface area contributed by atoms with Crippen molar-refractivity contribution in [3.05, 3.63) is 29.3 Å². The third-order valence-electron chi connectivity index (χ3n) is 6.50. The van der Waals surface area contributed by atoms with Gasteiger partial charge in [-0.05, 0) is 60.6 Å². The van der Waals surface area contributed by atoms with Crippen LogP contribution in [0.3, 0.4) is 0 Å². The van der Waals surface area contributed by atoms with Crippen molar-refractivity contribution in [2.24, 2.45) is 17.8 Å². The van der Waals surface area contributed by atoms with Crippen molar-refractivity contribution in [1.29, 1.82) is 0 Å². The zero-order chi connectivity index (χ0) is 20.8. The van der Waals surface area contributed by atoms with Crippen LogP contribution in [0.15, 0.2) is 18.2 Å². The Morgan fingerprint density at radius 1 is 1.03 bits per heavy atom. The molecule has 29 heavy (non-hydrogen) atoms. The van der Waals surface area contributed by atoms with E-state index < -0.39 is 12.2 Å². The maximum absolute atomic E-state index is 11.5. The summed E-state index contributed by atoms with van der Waals surface area (Å²) in [4.78, 5) is 23.1. The third kappa shape index (κ3) is 5.34. The number of rotatable bonds is 8. The van der Waals surface area contributed by atoms with Crippen LogP contribution in [0.25, 0.3) is 0 Å². The van der Waals surface area contributed by atoms with Crippen molar-refractivity contribution >= 4 is 12.2 Å². The summed E-state index contributed by atoms with van der Waals surface area (Å²) in [6, 6.07) is 6.14. The number of alkyl carbamates (subject to hydrolysis) is 2. The van der Waals surface area contributed by atoms with E-state index >= 15 is 0 Å². The number of amides is 2. The molecular formula is C22H32N2O5. The largest absolute Gasteiger partial charge is 0.496 e. The van der Waals surface area contributed by atoms with E-state index in [0.29, 0.717) is 13.1 Å². The Kier molecular flexibility index (Phi) is 7.23. The Bertz CT molecular complexity index is 703. The number of carbonyl (C=O) groups is 2. The zero-order valence-electron chi connectivity index (χ0n) is 17.5. The second kappa shape index (κ2) is 9.85. The molecule has 7 heteroatoms. The number of fused-ring (bicyclic) bond motifs is 2. The minimum absolute atomic E-state index is 0.113. The van der Waals surface area contributed by atoms with E-state index in [4.69, 9.17) is 4.74 Å². The molecule has 0 aromatic heterocycles. The predicted octanol–water partition coefficient (Wildman–Crippen LogP) is 3.47. The Hall–Kier alpha value is -2.44. The molecule has 3 rings (SSSR count). The molecule has 1 aromatic carbocycles. The first-order chi connectivity index (χ1) is 14.0. The van der Waals surface area contributed by atoms with Gasteiger partial charge >= 0.3 is 12.2 Å².